The highest BCUT2D eigenvalue weighted by Gasteiger charge is 2.22. The van der Waals surface area contributed by atoms with Crippen molar-refractivity contribution in [3.63, 3.8) is 0 Å². The van der Waals surface area contributed by atoms with E-state index in [9.17, 15) is 4.79 Å². The number of amides is 1. The van der Waals surface area contributed by atoms with E-state index in [0.29, 0.717) is 18.9 Å². The zero-order valence-corrected chi connectivity index (χ0v) is 11.2. The monoisotopic (exact) mass is 270 g/mol. The number of carbonyl (C=O) groups excluding carboxylic acids is 1. The summed E-state index contributed by atoms with van der Waals surface area (Å²) in [6, 6.07) is 8.37. The number of aromatic nitrogens is 2. The largest absolute Gasteiger partial charge is 0.355 e. The molecule has 1 aromatic heterocycles. The van der Waals surface area contributed by atoms with Crippen molar-refractivity contribution in [2.24, 2.45) is 5.73 Å². The van der Waals surface area contributed by atoms with E-state index in [1.807, 2.05) is 17.1 Å². The minimum absolute atomic E-state index is 0.141. The minimum atomic E-state index is 0.141. The minimum Gasteiger partial charge on any atom is -0.355 e. The van der Waals surface area contributed by atoms with Crippen LogP contribution in [0, 0.1) is 0 Å². The molecule has 1 saturated heterocycles. The van der Waals surface area contributed by atoms with Crippen molar-refractivity contribution >= 4 is 5.91 Å². The van der Waals surface area contributed by atoms with Crippen LogP contribution in [-0.2, 0) is 11.3 Å². The van der Waals surface area contributed by atoms with Gasteiger partial charge in [0.1, 0.15) is 0 Å². The zero-order chi connectivity index (χ0) is 13.9. The highest BCUT2D eigenvalue weighted by Crippen LogP contribution is 2.26. The molecule has 1 aliphatic rings. The average Bonchev–Trinajstić information content (AvgIpc) is 3.09. The van der Waals surface area contributed by atoms with Crippen LogP contribution in [-0.4, -0.2) is 28.8 Å². The van der Waals surface area contributed by atoms with Gasteiger partial charge in [-0.3, -0.25) is 9.48 Å². The van der Waals surface area contributed by atoms with Crippen LogP contribution in [0.3, 0.4) is 0 Å². The van der Waals surface area contributed by atoms with Crippen LogP contribution in [0.1, 0.15) is 17.9 Å². The molecule has 0 aliphatic carbocycles. The number of nitrogens with two attached hydrogens (primary N) is 1. The standard InChI is InChI=1S/C15H18N4O/c16-5-6-19-10-14(9-18-19)12-3-1-11(2-4-12)13-7-15(20)17-8-13/h1-4,9-10,13H,5-8,16H2,(H,17,20). The van der Waals surface area contributed by atoms with E-state index < -0.39 is 0 Å². The number of nitrogens with zero attached hydrogens (tertiary/aromatic N) is 2. The van der Waals surface area contributed by atoms with Crippen molar-refractivity contribution in [2.45, 2.75) is 18.9 Å². The van der Waals surface area contributed by atoms with E-state index in [4.69, 9.17) is 5.73 Å². The number of hydrogen-bond donors (Lipinski definition) is 2. The molecule has 104 valence electrons. The maximum absolute atomic E-state index is 11.2. The summed E-state index contributed by atoms with van der Waals surface area (Å²) in [5, 5.41) is 7.14. The summed E-state index contributed by atoms with van der Waals surface area (Å²) < 4.78 is 1.85. The van der Waals surface area contributed by atoms with Gasteiger partial charge < -0.3 is 11.1 Å². The molecule has 0 bridgehead atoms. The molecule has 0 radical (unpaired) electrons. The molecular formula is C15H18N4O. The first-order chi connectivity index (χ1) is 9.76. The SMILES string of the molecule is NCCn1cc(-c2ccc(C3CNC(=O)C3)cc2)cn1. The summed E-state index contributed by atoms with van der Waals surface area (Å²) in [6.07, 6.45) is 4.45. The lowest BCUT2D eigenvalue weighted by atomic mass is 9.96. The second-order valence-electron chi connectivity index (χ2n) is 5.11. The van der Waals surface area contributed by atoms with Gasteiger partial charge in [-0.05, 0) is 11.1 Å². The van der Waals surface area contributed by atoms with E-state index in [1.165, 1.54) is 5.56 Å². The molecule has 1 fully saturated rings. The molecule has 1 aliphatic heterocycles. The first-order valence-corrected chi connectivity index (χ1v) is 6.86. The van der Waals surface area contributed by atoms with Gasteiger partial charge in [0.15, 0.2) is 0 Å². The fourth-order valence-corrected chi connectivity index (χ4v) is 2.56. The van der Waals surface area contributed by atoms with E-state index in [1.54, 1.807) is 0 Å². The Labute approximate surface area is 117 Å². The van der Waals surface area contributed by atoms with Gasteiger partial charge in [-0.1, -0.05) is 24.3 Å². The van der Waals surface area contributed by atoms with Gasteiger partial charge in [-0.15, -0.1) is 0 Å². The van der Waals surface area contributed by atoms with Crippen LogP contribution in [0.15, 0.2) is 36.7 Å². The highest BCUT2D eigenvalue weighted by molar-refractivity contribution is 5.79. The highest BCUT2D eigenvalue weighted by atomic mass is 16.1. The fraction of sp³-hybridized carbons (Fsp3) is 0.333. The predicted octanol–water partition coefficient (Wildman–Crippen LogP) is 1.11. The molecule has 1 amide bonds. The van der Waals surface area contributed by atoms with Crippen LogP contribution in [0.2, 0.25) is 0 Å². The van der Waals surface area contributed by atoms with Gasteiger partial charge in [0.05, 0.1) is 12.7 Å². The summed E-state index contributed by atoms with van der Waals surface area (Å²) in [7, 11) is 0. The number of carbonyl (C=O) groups is 1. The summed E-state index contributed by atoms with van der Waals surface area (Å²) in [5.74, 6) is 0.443. The van der Waals surface area contributed by atoms with E-state index >= 15 is 0 Å². The first kappa shape index (κ1) is 12.9. The molecule has 1 atom stereocenters. The predicted molar refractivity (Wildman–Crippen MR) is 77.1 cm³/mol. The normalized spacial score (nSPS) is 18.2. The van der Waals surface area contributed by atoms with Gasteiger partial charge in [0.25, 0.3) is 0 Å². The average molecular weight is 270 g/mol. The molecule has 3 N–H and O–H groups in total. The quantitative estimate of drug-likeness (QED) is 0.874. The Morgan fingerprint density at radius 2 is 2.10 bits per heavy atom. The van der Waals surface area contributed by atoms with Crippen molar-refractivity contribution in [3.8, 4) is 11.1 Å². The Morgan fingerprint density at radius 3 is 2.75 bits per heavy atom. The number of nitrogens with one attached hydrogen (secondary N) is 1. The molecule has 0 saturated carbocycles. The summed E-state index contributed by atoms with van der Waals surface area (Å²) in [6.45, 7) is 2.06. The molecule has 1 aromatic carbocycles. The van der Waals surface area contributed by atoms with Gasteiger partial charge in [0, 0.05) is 37.2 Å². The van der Waals surface area contributed by atoms with Crippen LogP contribution < -0.4 is 11.1 Å². The lowest BCUT2D eigenvalue weighted by molar-refractivity contribution is -0.119. The van der Waals surface area contributed by atoms with Crippen molar-refractivity contribution in [1.29, 1.82) is 0 Å². The molecule has 20 heavy (non-hydrogen) atoms. The summed E-state index contributed by atoms with van der Waals surface area (Å²) in [4.78, 5) is 11.2. The molecule has 5 heteroatoms. The van der Waals surface area contributed by atoms with Gasteiger partial charge >= 0.3 is 0 Å². The van der Waals surface area contributed by atoms with Gasteiger partial charge in [-0.2, -0.15) is 5.10 Å². The smallest absolute Gasteiger partial charge is 0.220 e. The lowest BCUT2D eigenvalue weighted by Gasteiger charge is -2.08. The Hall–Kier alpha value is -2.14. The Morgan fingerprint density at radius 1 is 1.30 bits per heavy atom. The maximum Gasteiger partial charge on any atom is 0.220 e. The summed E-state index contributed by atoms with van der Waals surface area (Å²) >= 11 is 0. The van der Waals surface area contributed by atoms with Crippen molar-refractivity contribution in [2.75, 3.05) is 13.1 Å². The van der Waals surface area contributed by atoms with E-state index in [0.717, 1.165) is 24.2 Å². The molecule has 2 aromatic rings. The van der Waals surface area contributed by atoms with Gasteiger partial charge in [-0.25, -0.2) is 0 Å². The zero-order valence-electron chi connectivity index (χ0n) is 11.2. The fourth-order valence-electron chi connectivity index (χ4n) is 2.56. The molecular weight excluding hydrogens is 252 g/mol. The summed E-state index contributed by atoms with van der Waals surface area (Å²) in [5.41, 5.74) is 8.95. The second-order valence-corrected chi connectivity index (χ2v) is 5.11. The van der Waals surface area contributed by atoms with Crippen molar-refractivity contribution < 1.29 is 4.79 Å². The van der Waals surface area contributed by atoms with Crippen molar-refractivity contribution in [1.82, 2.24) is 15.1 Å². The molecule has 5 nitrogen and oxygen atoms in total. The molecule has 1 unspecified atom stereocenters. The van der Waals surface area contributed by atoms with Crippen LogP contribution >= 0.6 is 0 Å². The van der Waals surface area contributed by atoms with Crippen LogP contribution in [0.5, 0.6) is 0 Å². The first-order valence-electron chi connectivity index (χ1n) is 6.86. The maximum atomic E-state index is 11.2. The van der Waals surface area contributed by atoms with E-state index in [-0.39, 0.29) is 5.91 Å². The van der Waals surface area contributed by atoms with Crippen LogP contribution in [0.4, 0.5) is 0 Å². The lowest BCUT2D eigenvalue weighted by Crippen LogP contribution is -2.13. The van der Waals surface area contributed by atoms with Crippen LogP contribution in [0.25, 0.3) is 11.1 Å². The Kier molecular flexibility index (Phi) is 3.52. The van der Waals surface area contributed by atoms with Gasteiger partial charge in [0.2, 0.25) is 5.91 Å². The Bertz CT molecular complexity index is 603. The third kappa shape index (κ3) is 2.58. The van der Waals surface area contributed by atoms with E-state index in [2.05, 4.69) is 34.7 Å². The van der Waals surface area contributed by atoms with Crippen molar-refractivity contribution in [3.05, 3.63) is 42.2 Å². The molecule has 0 spiro atoms. The number of hydrogen-bond acceptors (Lipinski definition) is 3. The molecule has 2 heterocycles. The Balaban J connectivity index is 1.76. The number of benzene rings is 1. The second kappa shape index (κ2) is 5.46. The topological polar surface area (TPSA) is 72.9 Å². The third-order valence-electron chi connectivity index (χ3n) is 3.68. The third-order valence-corrected chi connectivity index (χ3v) is 3.68. The number of rotatable bonds is 4. The molecule has 3 rings (SSSR count).